The van der Waals surface area contributed by atoms with E-state index in [1.165, 1.54) is 0 Å². The van der Waals surface area contributed by atoms with Gasteiger partial charge in [0.05, 0.1) is 10.5 Å². The van der Waals surface area contributed by atoms with Crippen LogP contribution in [0.5, 0.6) is 0 Å². The van der Waals surface area contributed by atoms with Gasteiger partial charge in [0.25, 0.3) is 0 Å². The number of carbonyl (C=O) groups excluding carboxylic acids is 2. The van der Waals surface area contributed by atoms with Gasteiger partial charge in [0, 0.05) is 25.2 Å². The monoisotopic (exact) mass is 340 g/mol. The summed E-state index contributed by atoms with van der Waals surface area (Å²) in [6, 6.07) is 0. The lowest BCUT2D eigenvalue weighted by molar-refractivity contribution is -0.377. The summed E-state index contributed by atoms with van der Waals surface area (Å²) in [6.07, 6.45) is 4.43. The third-order valence-electron chi connectivity index (χ3n) is 3.63. The van der Waals surface area contributed by atoms with Crippen molar-refractivity contribution in [1.82, 2.24) is 0 Å². The van der Waals surface area contributed by atoms with E-state index in [1.807, 2.05) is 0 Å². The van der Waals surface area contributed by atoms with Crippen LogP contribution in [0.15, 0.2) is 34.5 Å². The molecule has 23 heavy (non-hydrogen) atoms. The topological polar surface area (TPSA) is 138 Å². The lowest BCUT2D eigenvalue weighted by Gasteiger charge is -2.21. The third-order valence-corrected chi connectivity index (χ3v) is 4.74. The van der Waals surface area contributed by atoms with Gasteiger partial charge in [-0.15, -0.1) is 0 Å². The van der Waals surface area contributed by atoms with E-state index in [0.29, 0.717) is 6.42 Å². The van der Waals surface area contributed by atoms with Crippen LogP contribution >= 0.6 is 0 Å². The first-order valence-electron chi connectivity index (χ1n) is 6.73. The van der Waals surface area contributed by atoms with Gasteiger partial charge in [-0.3, -0.25) is 9.59 Å². The zero-order valence-electron chi connectivity index (χ0n) is 12.2. The van der Waals surface area contributed by atoms with E-state index in [0.717, 1.165) is 24.5 Å². The molecule has 2 rings (SSSR count). The second kappa shape index (κ2) is 5.99. The molecule has 2 aliphatic carbocycles. The Morgan fingerprint density at radius 3 is 2.26 bits per heavy atom. The maximum atomic E-state index is 11.9. The average molecular weight is 340 g/mol. The Labute approximate surface area is 132 Å². The number of hydrogen-bond acceptors (Lipinski definition) is 7. The minimum Gasteiger partial charge on any atom is -0.612 e. The molecule has 0 saturated heterocycles. The first-order valence-corrected chi connectivity index (χ1v) is 8.62. The van der Waals surface area contributed by atoms with Crippen LogP contribution in [-0.4, -0.2) is 42.0 Å². The highest BCUT2D eigenvalue weighted by atomic mass is 32.2. The second-order valence-corrected chi connectivity index (χ2v) is 7.33. The number of sulfone groups is 1. The molecule has 0 heterocycles. The fourth-order valence-electron chi connectivity index (χ4n) is 2.48. The summed E-state index contributed by atoms with van der Waals surface area (Å²) in [5.74, 6) is -3.13. The van der Waals surface area contributed by atoms with Gasteiger partial charge in [-0.05, 0) is 18.6 Å². The second-order valence-electron chi connectivity index (χ2n) is 5.31. The smallest absolute Gasteiger partial charge is 0.234 e. The molecule has 124 valence electrons. The van der Waals surface area contributed by atoms with Crippen molar-refractivity contribution in [3.05, 3.63) is 44.9 Å². The van der Waals surface area contributed by atoms with E-state index in [9.17, 15) is 33.5 Å². The quantitative estimate of drug-likeness (QED) is 0.337. The first kappa shape index (κ1) is 16.9. The van der Waals surface area contributed by atoms with Crippen LogP contribution in [0.2, 0.25) is 0 Å². The van der Waals surface area contributed by atoms with E-state index in [-0.39, 0.29) is 23.3 Å². The van der Waals surface area contributed by atoms with Gasteiger partial charge in [0.15, 0.2) is 21.4 Å². The van der Waals surface area contributed by atoms with Gasteiger partial charge in [-0.2, -0.15) is 4.90 Å². The van der Waals surface area contributed by atoms with E-state index in [1.54, 1.807) is 0 Å². The van der Waals surface area contributed by atoms with Crippen LogP contribution in [0.1, 0.15) is 19.3 Å². The van der Waals surface area contributed by atoms with E-state index in [2.05, 4.69) is 0 Å². The molecule has 0 aromatic rings. The van der Waals surface area contributed by atoms with Gasteiger partial charge in [-0.1, -0.05) is 0 Å². The zero-order chi connectivity index (χ0) is 17.4. The maximum absolute atomic E-state index is 11.9. The molecule has 2 aliphatic rings. The summed E-state index contributed by atoms with van der Waals surface area (Å²) in [6.45, 7) is 0. The Morgan fingerprint density at radius 2 is 1.78 bits per heavy atom. The molecule has 0 atom stereocenters. The minimum atomic E-state index is -3.68. The van der Waals surface area contributed by atoms with Crippen molar-refractivity contribution in [2.24, 2.45) is 5.92 Å². The Morgan fingerprint density at radius 1 is 1.22 bits per heavy atom. The van der Waals surface area contributed by atoms with Gasteiger partial charge in [0.1, 0.15) is 11.7 Å². The van der Waals surface area contributed by atoms with Crippen molar-refractivity contribution in [2.45, 2.75) is 19.3 Å². The van der Waals surface area contributed by atoms with Crippen molar-refractivity contribution in [2.75, 3.05) is 6.26 Å². The normalized spacial score (nSPS) is 22.1. The first-order chi connectivity index (χ1) is 10.6. The Kier molecular flexibility index (Phi) is 4.42. The molecular weight excluding hydrogens is 326 g/mol. The average Bonchev–Trinajstić information content (AvgIpc) is 2.45. The molecule has 0 radical (unpaired) electrons. The minimum absolute atomic E-state index is 0.107. The van der Waals surface area contributed by atoms with Crippen LogP contribution in [0.25, 0.3) is 0 Å². The van der Waals surface area contributed by atoms with Gasteiger partial charge >= 0.3 is 0 Å². The molecule has 8 nitrogen and oxygen atoms in total. The van der Waals surface area contributed by atoms with Gasteiger partial charge in [0.2, 0.25) is 5.71 Å². The van der Waals surface area contributed by atoms with Crippen LogP contribution in [-0.2, 0) is 19.4 Å². The number of nitrogens with zero attached hydrogens (tertiary/aromatic N) is 1. The molecule has 0 aliphatic heterocycles. The summed E-state index contributed by atoms with van der Waals surface area (Å²) >= 11 is 0. The fraction of sp³-hybridized carbons (Fsp3) is 0.357. The van der Waals surface area contributed by atoms with Gasteiger partial charge < -0.3 is 15.5 Å². The van der Waals surface area contributed by atoms with Crippen molar-refractivity contribution < 1.29 is 28.0 Å². The number of hydrogen-bond donors (Lipinski definition) is 1. The lowest BCUT2D eigenvalue weighted by atomic mass is 9.83. The molecule has 1 saturated carbocycles. The van der Waals surface area contributed by atoms with Crippen molar-refractivity contribution in [3.63, 3.8) is 0 Å². The SMILES string of the molecule is CS(=O)(=O)C1=CC(=[N+]([O-])[O-])C(=C(O)C2C(=O)CCCC2=O)C=C1. The summed E-state index contributed by atoms with van der Waals surface area (Å²) < 4.78 is 23.0. The molecular formula is C14H14NO7S-. The van der Waals surface area contributed by atoms with E-state index < -0.39 is 43.7 Å². The van der Waals surface area contributed by atoms with Crippen molar-refractivity contribution in [3.8, 4) is 0 Å². The molecule has 0 unspecified atom stereocenters. The highest BCUT2D eigenvalue weighted by Crippen LogP contribution is 2.28. The fourth-order valence-corrected chi connectivity index (χ4v) is 3.12. The molecule has 0 aromatic carbocycles. The van der Waals surface area contributed by atoms with Crippen LogP contribution in [0.3, 0.4) is 0 Å². The van der Waals surface area contributed by atoms with Gasteiger partial charge in [-0.25, -0.2) is 8.42 Å². The molecule has 0 spiro atoms. The number of aliphatic hydroxyl groups is 1. The number of rotatable bonds is 2. The predicted molar refractivity (Wildman–Crippen MR) is 81.1 cm³/mol. The number of Topliss-reactive ketones (excluding diaryl/α,β-unsaturated/α-hetero) is 2. The summed E-state index contributed by atoms with van der Waals surface area (Å²) in [7, 11) is -3.68. The highest BCUT2D eigenvalue weighted by molar-refractivity contribution is 7.94. The van der Waals surface area contributed by atoms with Crippen molar-refractivity contribution >= 4 is 27.1 Å². The lowest BCUT2D eigenvalue weighted by Crippen LogP contribution is -2.32. The van der Waals surface area contributed by atoms with E-state index >= 15 is 0 Å². The number of ketones is 2. The zero-order valence-corrected chi connectivity index (χ0v) is 13.0. The van der Waals surface area contributed by atoms with Crippen LogP contribution in [0.4, 0.5) is 0 Å². The summed E-state index contributed by atoms with van der Waals surface area (Å²) in [4.78, 5) is 22.6. The number of allylic oxidation sites excluding steroid dienone is 5. The standard InChI is InChI=1S/C14H14NO7S/c1-23(21,22)8-5-6-9(10(7-8)15(19)20)14(18)13-11(16)3-2-4-12(13)17/h5-7,13H,2-4H2,1H3,(H-,18,19,20)/q-1. The largest absolute Gasteiger partial charge is 0.612 e. The molecule has 1 N–H and O–H groups in total. The van der Waals surface area contributed by atoms with Crippen LogP contribution in [0, 0.1) is 16.3 Å². The summed E-state index contributed by atoms with van der Waals surface area (Å²) in [5.41, 5.74) is -0.993. The third kappa shape index (κ3) is 3.34. The molecule has 0 aromatic heterocycles. The summed E-state index contributed by atoms with van der Waals surface area (Å²) in [5, 5.41) is 32.6. The predicted octanol–water partition coefficient (Wildman–Crippen LogP) is 0.684. The van der Waals surface area contributed by atoms with Crippen molar-refractivity contribution in [1.29, 1.82) is 0 Å². The van der Waals surface area contributed by atoms with E-state index in [4.69, 9.17) is 0 Å². The number of aliphatic hydroxyl groups excluding tert-OH is 1. The Hall–Kier alpha value is -2.42. The highest BCUT2D eigenvalue weighted by Gasteiger charge is 2.36. The molecule has 1 fully saturated rings. The molecule has 9 heteroatoms. The maximum Gasteiger partial charge on any atom is 0.234 e. The molecule has 0 bridgehead atoms. The van der Waals surface area contributed by atoms with Crippen LogP contribution < -0.4 is 0 Å². The Bertz CT molecular complexity index is 779. The molecule has 0 amide bonds. The number of carbonyl (C=O) groups is 2. The Balaban J connectivity index is 2.57.